The molecule has 0 aliphatic carbocycles. The van der Waals surface area contributed by atoms with Crippen LogP contribution >= 0.6 is 22.6 Å². The van der Waals surface area contributed by atoms with Crippen LogP contribution < -0.4 is 5.32 Å². The Bertz CT molecular complexity index is 470. The standard InChI is InChI=1S/C9H10FIN2O3S/c1-17(16)3-2-12-8-4-6(10)7(11)5-9(8)13(14)15/h4-5,12H,2-3H2,1H3. The van der Waals surface area contributed by atoms with Gasteiger partial charge in [-0.1, -0.05) is 0 Å². The van der Waals surface area contributed by atoms with Gasteiger partial charge < -0.3 is 5.32 Å². The first kappa shape index (κ1) is 14.3. The van der Waals surface area contributed by atoms with Gasteiger partial charge in [0.05, 0.1) is 8.49 Å². The molecular weight excluding hydrogens is 362 g/mol. The zero-order valence-corrected chi connectivity index (χ0v) is 11.9. The summed E-state index contributed by atoms with van der Waals surface area (Å²) in [5, 5.41) is 13.5. The molecule has 0 amide bonds. The summed E-state index contributed by atoms with van der Waals surface area (Å²) in [6, 6.07) is 2.25. The quantitative estimate of drug-likeness (QED) is 0.488. The van der Waals surface area contributed by atoms with Gasteiger partial charge >= 0.3 is 0 Å². The number of nitrogens with zero attached hydrogens (tertiary/aromatic N) is 1. The zero-order valence-electron chi connectivity index (χ0n) is 8.91. The van der Waals surface area contributed by atoms with Crippen LogP contribution in [0.25, 0.3) is 0 Å². The summed E-state index contributed by atoms with van der Waals surface area (Å²) in [7, 11) is -0.994. The molecule has 0 radical (unpaired) electrons. The van der Waals surface area contributed by atoms with Crippen molar-refractivity contribution in [2.45, 2.75) is 0 Å². The monoisotopic (exact) mass is 372 g/mol. The number of nitro groups is 1. The van der Waals surface area contributed by atoms with Crippen LogP contribution in [0, 0.1) is 19.5 Å². The molecular formula is C9H10FIN2O3S. The van der Waals surface area contributed by atoms with Gasteiger partial charge in [-0.2, -0.15) is 0 Å². The Morgan fingerprint density at radius 1 is 1.59 bits per heavy atom. The van der Waals surface area contributed by atoms with Crippen molar-refractivity contribution in [3.63, 3.8) is 0 Å². The Labute approximate surface area is 114 Å². The van der Waals surface area contributed by atoms with E-state index in [0.717, 1.165) is 6.07 Å². The summed E-state index contributed by atoms with van der Waals surface area (Å²) in [6.45, 7) is 0.296. The average Bonchev–Trinajstić information content (AvgIpc) is 2.22. The number of nitro benzene ring substituents is 1. The van der Waals surface area contributed by atoms with Gasteiger partial charge in [-0.3, -0.25) is 14.3 Å². The maximum atomic E-state index is 13.3. The molecule has 1 atom stereocenters. The van der Waals surface area contributed by atoms with E-state index in [9.17, 15) is 18.7 Å². The third-order valence-corrected chi connectivity index (χ3v) is 3.55. The van der Waals surface area contributed by atoms with Gasteiger partial charge in [-0.25, -0.2) is 4.39 Å². The number of halogens is 2. The first-order chi connectivity index (χ1) is 7.91. The molecule has 1 unspecified atom stereocenters. The summed E-state index contributed by atoms with van der Waals surface area (Å²) in [5.41, 5.74) is -0.0731. The first-order valence-corrected chi connectivity index (χ1v) is 7.39. The zero-order chi connectivity index (χ0) is 13.0. The molecule has 1 rings (SSSR count). The fourth-order valence-corrected chi connectivity index (χ4v) is 2.00. The molecule has 0 aromatic heterocycles. The Morgan fingerprint density at radius 3 is 2.76 bits per heavy atom. The Hall–Kier alpha value is -0.770. The van der Waals surface area contributed by atoms with Crippen molar-refractivity contribution in [1.82, 2.24) is 0 Å². The van der Waals surface area contributed by atoms with Crippen molar-refractivity contribution in [2.24, 2.45) is 0 Å². The van der Waals surface area contributed by atoms with E-state index in [4.69, 9.17) is 0 Å². The van der Waals surface area contributed by atoms with Crippen LogP contribution in [0.5, 0.6) is 0 Å². The van der Waals surface area contributed by atoms with Crippen molar-refractivity contribution in [1.29, 1.82) is 0 Å². The van der Waals surface area contributed by atoms with Gasteiger partial charge in [-0.15, -0.1) is 0 Å². The van der Waals surface area contributed by atoms with Crippen molar-refractivity contribution in [2.75, 3.05) is 23.9 Å². The number of anilines is 1. The van der Waals surface area contributed by atoms with Crippen LogP contribution in [0.3, 0.4) is 0 Å². The minimum Gasteiger partial charge on any atom is -0.378 e. The molecule has 0 aliphatic rings. The first-order valence-electron chi connectivity index (χ1n) is 4.59. The Kier molecular flexibility index (Phi) is 5.25. The molecule has 0 saturated carbocycles. The highest BCUT2D eigenvalue weighted by atomic mass is 127. The van der Waals surface area contributed by atoms with Gasteiger partial charge in [0.25, 0.3) is 5.69 Å². The van der Waals surface area contributed by atoms with Crippen LogP contribution in [-0.2, 0) is 10.8 Å². The van der Waals surface area contributed by atoms with E-state index >= 15 is 0 Å². The second-order valence-electron chi connectivity index (χ2n) is 3.24. The van der Waals surface area contributed by atoms with E-state index in [1.165, 1.54) is 12.3 Å². The largest absolute Gasteiger partial charge is 0.378 e. The van der Waals surface area contributed by atoms with Gasteiger partial charge in [0.15, 0.2) is 0 Å². The molecule has 8 heteroatoms. The second-order valence-corrected chi connectivity index (χ2v) is 5.96. The lowest BCUT2D eigenvalue weighted by Gasteiger charge is -2.07. The molecule has 0 saturated heterocycles. The Balaban J connectivity index is 2.92. The van der Waals surface area contributed by atoms with E-state index < -0.39 is 21.5 Å². The third kappa shape index (κ3) is 4.19. The summed E-state index contributed by atoms with van der Waals surface area (Å²) in [6.07, 6.45) is 1.53. The van der Waals surface area contributed by atoms with Gasteiger partial charge in [0.2, 0.25) is 0 Å². The van der Waals surface area contributed by atoms with E-state index in [0.29, 0.717) is 12.3 Å². The van der Waals surface area contributed by atoms with E-state index in [-0.39, 0.29) is 14.9 Å². The second kappa shape index (κ2) is 6.24. The minimum absolute atomic E-state index is 0.110. The third-order valence-electron chi connectivity index (χ3n) is 1.94. The van der Waals surface area contributed by atoms with Crippen molar-refractivity contribution in [3.05, 3.63) is 31.6 Å². The van der Waals surface area contributed by atoms with Gasteiger partial charge in [0, 0.05) is 41.5 Å². The molecule has 0 bridgehead atoms. The summed E-state index contributed by atoms with van der Waals surface area (Å²) in [4.78, 5) is 10.2. The van der Waals surface area contributed by atoms with Crippen molar-refractivity contribution < 1.29 is 13.5 Å². The van der Waals surface area contributed by atoms with Crippen LogP contribution in [0.15, 0.2) is 12.1 Å². The maximum Gasteiger partial charge on any atom is 0.293 e. The lowest BCUT2D eigenvalue weighted by atomic mass is 10.2. The van der Waals surface area contributed by atoms with Crippen molar-refractivity contribution >= 4 is 44.8 Å². The van der Waals surface area contributed by atoms with Crippen molar-refractivity contribution in [3.8, 4) is 0 Å². The molecule has 0 heterocycles. The minimum atomic E-state index is -0.994. The van der Waals surface area contributed by atoms with E-state index in [2.05, 4.69) is 5.32 Å². The molecule has 0 fully saturated rings. The average molecular weight is 372 g/mol. The van der Waals surface area contributed by atoms with E-state index in [1.807, 2.05) is 0 Å². The Morgan fingerprint density at radius 2 is 2.24 bits per heavy atom. The molecule has 0 aliphatic heterocycles. The molecule has 1 aromatic rings. The maximum absolute atomic E-state index is 13.3. The molecule has 94 valence electrons. The summed E-state index contributed by atoms with van der Waals surface area (Å²) < 4.78 is 24.3. The summed E-state index contributed by atoms with van der Waals surface area (Å²) in [5.74, 6) is -0.165. The number of benzene rings is 1. The topological polar surface area (TPSA) is 72.2 Å². The normalized spacial score (nSPS) is 12.2. The van der Waals surface area contributed by atoms with Crippen LogP contribution in [0.1, 0.15) is 0 Å². The highest BCUT2D eigenvalue weighted by Crippen LogP contribution is 2.28. The predicted octanol–water partition coefficient (Wildman–Crippen LogP) is 2.13. The highest BCUT2D eigenvalue weighted by molar-refractivity contribution is 14.1. The van der Waals surface area contributed by atoms with Gasteiger partial charge in [0.1, 0.15) is 11.5 Å². The van der Waals surface area contributed by atoms with E-state index in [1.54, 1.807) is 22.6 Å². The number of nitrogens with one attached hydrogen (secondary N) is 1. The molecule has 17 heavy (non-hydrogen) atoms. The lowest BCUT2D eigenvalue weighted by Crippen LogP contribution is -2.11. The summed E-state index contributed by atoms with van der Waals surface area (Å²) >= 11 is 1.69. The number of rotatable bonds is 5. The van der Waals surface area contributed by atoms with Crippen LogP contribution in [-0.4, -0.2) is 27.7 Å². The number of hydrogen-bond acceptors (Lipinski definition) is 4. The molecule has 1 N–H and O–H groups in total. The van der Waals surface area contributed by atoms with Crippen LogP contribution in [0.4, 0.5) is 15.8 Å². The smallest absolute Gasteiger partial charge is 0.293 e. The number of hydrogen-bond donors (Lipinski definition) is 1. The molecule has 5 nitrogen and oxygen atoms in total. The highest BCUT2D eigenvalue weighted by Gasteiger charge is 2.17. The fraction of sp³-hybridized carbons (Fsp3) is 0.333. The molecule has 1 aromatic carbocycles. The molecule has 0 spiro atoms. The lowest BCUT2D eigenvalue weighted by molar-refractivity contribution is -0.384. The van der Waals surface area contributed by atoms with Crippen LogP contribution in [0.2, 0.25) is 0 Å². The van der Waals surface area contributed by atoms with Gasteiger partial charge in [-0.05, 0) is 22.6 Å². The SMILES string of the molecule is CS(=O)CCNc1cc(F)c(I)cc1[N+](=O)[O-]. The fourth-order valence-electron chi connectivity index (χ4n) is 1.16. The predicted molar refractivity (Wildman–Crippen MR) is 73.2 cm³/mol.